The van der Waals surface area contributed by atoms with E-state index in [1.807, 2.05) is 0 Å². The zero-order valence-electron chi connectivity index (χ0n) is 16.6. The summed E-state index contributed by atoms with van der Waals surface area (Å²) in [4.78, 5) is 24.1. The number of carbonyl (C=O) groups is 2. The van der Waals surface area contributed by atoms with Crippen LogP contribution < -0.4 is 15.4 Å². The smallest absolute Gasteiger partial charge is 0.220 e. The fourth-order valence-electron chi connectivity index (χ4n) is 3.67. The summed E-state index contributed by atoms with van der Waals surface area (Å²) in [7, 11) is 1.44. The van der Waals surface area contributed by atoms with Crippen LogP contribution in [0.25, 0.3) is 0 Å². The van der Waals surface area contributed by atoms with Crippen molar-refractivity contribution in [1.82, 2.24) is 10.6 Å². The van der Waals surface area contributed by atoms with Gasteiger partial charge in [0.25, 0.3) is 0 Å². The van der Waals surface area contributed by atoms with Crippen LogP contribution in [0.3, 0.4) is 0 Å². The standard InChI is InChI=1S/C22H23F3N2O3/c1-30-15-6-5-14(19(25)11-15)12-22(10-8-21(29)27-22)9-7-20(28)26-13-16-17(23)3-2-4-18(16)24/h2-6,11H,7-10,12-13H2,1H3,(H,26,28)(H,27,29). The number of amides is 2. The fourth-order valence-corrected chi connectivity index (χ4v) is 3.67. The van der Waals surface area contributed by atoms with Gasteiger partial charge in [-0.25, -0.2) is 13.2 Å². The first-order valence-electron chi connectivity index (χ1n) is 9.65. The number of nitrogens with one attached hydrogen (secondary N) is 2. The van der Waals surface area contributed by atoms with Gasteiger partial charge in [0, 0.05) is 36.6 Å². The van der Waals surface area contributed by atoms with Crippen molar-refractivity contribution >= 4 is 11.8 Å². The van der Waals surface area contributed by atoms with Crippen molar-refractivity contribution in [3.63, 3.8) is 0 Å². The van der Waals surface area contributed by atoms with E-state index >= 15 is 0 Å². The average Bonchev–Trinajstić information content (AvgIpc) is 3.08. The zero-order chi connectivity index (χ0) is 21.7. The highest BCUT2D eigenvalue weighted by molar-refractivity contribution is 5.80. The molecule has 1 atom stereocenters. The lowest BCUT2D eigenvalue weighted by atomic mass is 9.84. The first-order valence-corrected chi connectivity index (χ1v) is 9.65. The van der Waals surface area contributed by atoms with Crippen molar-refractivity contribution < 1.29 is 27.5 Å². The maximum Gasteiger partial charge on any atom is 0.220 e. The predicted molar refractivity (Wildman–Crippen MR) is 104 cm³/mol. The van der Waals surface area contributed by atoms with Gasteiger partial charge in [-0.2, -0.15) is 0 Å². The summed E-state index contributed by atoms with van der Waals surface area (Å²) in [5.74, 6) is -2.09. The average molecular weight is 420 g/mol. The number of benzene rings is 2. The second kappa shape index (κ2) is 9.19. The maximum atomic E-state index is 14.4. The van der Waals surface area contributed by atoms with E-state index in [9.17, 15) is 22.8 Å². The van der Waals surface area contributed by atoms with Crippen LogP contribution in [-0.4, -0.2) is 24.5 Å². The highest BCUT2D eigenvalue weighted by Crippen LogP contribution is 2.31. The number of ether oxygens (including phenoxy) is 1. The van der Waals surface area contributed by atoms with Crippen LogP contribution in [-0.2, 0) is 22.6 Å². The van der Waals surface area contributed by atoms with E-state index < -0.39 is 28.9 Å². The minimum atomic E-state index is -0.757. The van der Waals surface area contributed by atoms with Gasteiger partial charge in [-0.15, -0.1) is 0 Å². The van der Waals surface area contributed by atoms with Gasteiger partial charge < -0.3 is 15.4 Å². The van der Waals surface area contributed by atoms with Crippen LogP contribution in [0, 0.1) is 17.5 Å². The summed E-state index contributed by atoms with van der Waals surface area (Å²) in [5.41, 5.74) is -0.561. The Morgan fingerprint density at radius 2 is 1.90 bits per heavy atom. The molecule has 0 saturated carbocycles. The molecule has 5 nitrogen and oxygen atoms in total. The van der Waals surface area contributed by atoms with E-state index in [0.29, 0.717) is 24.2 Å². The summed E-state index contributed by atoms with van der Waals surface area (Å²) in [6.45, 7) is -0.274. The number of halogens is 3. The summed E-state index contributed by atoms with van der Waals surface area (Å²) < 4.78 is 46.8. The highest BCUT2D eigenvalue weighted by atomic mass is 19.1. The number of carbonyl (C=O) groups excluding carboxylic acids is 2. The van der Waals surface area contributed by atoms with E-state index in [2.05, 4.69) is 10.6 Å². The Morgan fingerprint density at radius 1 is 1.17 bits per heavy atom. The molecule has 1 fully saturated rings. The lowest BCUT2D eigenvalue weighted by molar-refractivity contribution is -0.122. The molecule has 1 heterocycles. The van der Waals surface area contributed by atoms with E-state index in [0.717, 1.165) is 12.1 Å². The number of methoxy groups -OCH3 is 1. The van der Waals surface area contributed by atoms with Crippen LogP contribution in [0.1, 0.15) is 36.8 Å². The van der Waals surface area contributed by atoms with Crippen molar-refractivity contribution in [3.05, 3.63) is 65.0 Å². The number of rotatable bonds is 8. The van der Waals surface area contributed by atoms with Crippen LogP contribution in [0.15, 0.2) is 36.4 Å². The Bertz CT molecular complexity index is 931. The molecule has 0 bridgehead atoms. The molecule has 1 saturated heterocycles. The molecule has 1 unspecified atom stereocenters. The quantitative estimate of drug-likeness (QED) is 0.688. The predicted octanol–water partition coefficient (Wildman–Crippen LogP) is 3.40. The van der Waals surface area contributed by atoms with Gasteiger partial charge in [-0.3, -0.25) is 9.59 Å². The molecule has 2 aromatic carbocycles. The zero-order valence-corrected chi connectivity index (χ0v) is 16.6. The summed E-state index contributed by atoms with van der Waals surface area (Å²) in [5, 5.41) is 5.38. The second-order valence-electron chi connectivity index (χ2n) is 7.44. The van der Waals surface area contributed by atoms with Crippen LogP contribution >= 0.6 is 0 Å². The monoisotopic (exact) mass is 420 g/mol. The summed E-state index contributed by atoms with van der Waals surface area (Å²) in [6.07, 6.45) is 1.28. The molecule has 0 spiro atoms. The van der Waals surface area contributed by atoms with Gasteiger partial charge in [0.15, 0.2) is 0 Å². The molecule has 1 aliphatic heterocycles. The maximum absolute atomic E-state index is 14.4. The van der Waals surface area contributed by atoms with Gasteiger partial charge in [-0.05, 0) is 43.0 Å². The van der Waals surface area contributed by atoms with Crippen molar-refractivity contribution in [2.45, 2.75) is 44.2 Å². The Kier molecular flexibility index (Phi) is 6.64. The molecule has 3 rings (SSSR count). The van der Waals surface area contributed by atoms with E-state index in [4.69, 9.17) is 4.74 Å². The van der Waals surface area contributed by atoms with Crippen molar-refractivity contribution in [2.24, 2.45) is 0 Å². The summed E-state index contributed by atoms with van der Waals surface area (Å²) in [6, 6.07) is 8.00. The number of hydrogen-bond donors (Lipinski definition) is 2. The lowest BCUT2D eigenvalue weighted by Crippen LogP contribution is -2.44. The third-order valence-electron chi connectivity index (χ3n) is 5.38. The molecule has 0 aliphatic carbocycles. The van der Waals surface area contributed by atoms with Gasteiger partial charge in [0.05, 0.1) is 7.11 Å². The molecule has 2 N–H and O–H groups in total. The van der Waals surface area contributed by atoms with Gasteiger partial charge in [-0.1, -0.05) is 12.1 Å². The Hall–Kier alpha value is -3.03. The third kappa shape index (κ3) is 5.11. The molecular weight excluding hydrogens is 397 g/mol. The lowest BCUT2D eigenvalue weighted by Gasteiger charge is -2.29. The fraction of sp³-hybridized carbons (Fsp3) is 0.364. The Morgan fingerprint density at radius 3 is 2.50 bits per heavy atom. The van der Waals surface area contributed by atoms with Crippen molar-refractivity contribution in [3.8, 4) is 5.75 Å². The molecule has 0 aromatic heterocycles. The molecule has 1 aliphatic rings. The van der Waals surface area contributed by atoms with Crippen LogP contribution in [0.4, 0.5) is 13.2 Å². The molecule has 0 radical (unpaired) electrons. The Labute approximate surface area is 172 Å². The third-order valence-corrected chi connectivity index (χ3v) is 5.38. The van der Waals surface area contributed by atoms with Gasteiger partial charge in [0.2, 0.25) is 11.8 Å². The van der Waals surface area contributed by atoms with Crippen LogP contribution in [0.5, 0.6) is 5.75 Å². The van der Waals surface area contributed by atoms with Gasteiger partial charge >= 0.3 is 0 Å². The van der Waals surface area contributed by atoms with Crippen molar-refractivity contribution in [1.29, 1.82) is 0 Å². The van der Waals surface area contributed by atoms with Crippen LogP contribution in [0.2, 0.25) is 0 Å². The van der Waals surface area contributed by atoms with E-state index in [-0.39, 0.29) is 37.3 Å². The van der Waals surface area contributed by atoms with Gasteiger partial charge in [0.1, 0.15) is 23.2 Å². The minimum Gasteiger partial charge on any atom is -0.497 e. The van der Waals surface area contributed by atoms with Crippen molar-refractivity contribution in [2.75, 3.05) is 7.11 Å². The van der Waals surface area contributed by atoms with E-state index in [1.54, 1.807) is 12.1 Å². The van der Waals surface area contributed by atoms with E-state index in [1.165, 1.54) is 19.2 Å². The normalized spacial score (nSPS) is 18.2. The first-order chi connectivity index (χ1) is 14.3. The molecule has 2 amide bonds. The molecule has 2 aromatic rings. The SMILES string of the molecule is COc1ccc(CC2(CCC(=O)NCc3c(F)cccc3F)CCC(=O)N2)c(F)c1. The minimum absolute atomic E-state index is 0.0219. The largest absolute Gasteiger partial charge is 0.497 e. The Balaban J connectivity index is 1.64. The second-order valence-corrected chi connectivity index (χ2v) is 7.44. The highest BCUT2D eigenvalue weighted by Gasteiger charge is 2.38. The molecule has 160 valence electrons. The molecule has 8 heteroatoms. The summed E-state index contributed by atoms with van der Waals surface area (Å²) >= 11 is 0. The molecular formula is C22H23F3N2O3. The topological polar surface area (TPSA) is 67.4 Å². The number of hydrogen-bond acceptors (Lipinski definition) is 3. The molecule has 30 heavy (non-hydrogen) atoms. The first kappa shape index (κ1) is 21.7.